The van der Waals surface area contributed by atoms with E-state index < -0.39 is 243 Å². The van der Waals surface area contributed by atoms with Crippen molar-refractivity contribution in [2.45, 2.75) is 106 Å². The molecule has 10 rings (SSSR count). The summed E-state index contributed by atoms with van der Waals surface area (Å²) in [5.41, 5.74) is 47.8. The maximum atomic E-state index is 12.1. The van der Waals surface area contributed by atoms with E-state index in [1.54, 1.807) is 0 Å². The first-order valence-electron chi connectivity index (χ1n) is 34.2. The first-order valence-corrected chi connectivity index (χ1v) is 51.9. The minimum atomic E-state index is -6.09. The van der Waals surface area contributed by atoms with E-state index in [9.17, 15) is 133 Å². The molecule has 4 saturated heterocycles. The number of hydrogen-bond donors (Lipinski definition) is 9. The number of nitrogens with two attached hydrogens (primary N) is 3. The molecule has 748 valence electrons. The van der Waals surface area contributed by atoms with E-state index in [0.717, 1.165) is 9.13 Å². The van der Waals surface area contributed by atoms with Gasteiger partial charge in [-0.3, -0.25) is 92.6 Å². The molecule has 134 heavy (non-hydrogen) atoms. The fraction of sp³-hybridized carbons (Fsp3) is 0.581. The molecular formula is C43H57N27O52P12-12. The average Bonchev–Trinajstić information content (AvgIpc) is 1.63. The van der Waals surface area contributed by atoms with E-state index in [2.05, 4.69) is 128 Å². The Kier molecular flexibility index (Phi) is 40.1. The summed E-state index contributed by atoms with van der Waals surface area (Å²) in [7, 11) is -70.9. The molecule has 12 N–H and O–H groups in total. The van der Waals surface area contributed by atoms with Crippen LogP contribution < -0.4 is 98.4 Å². The SMILES string of the molecule is Cc1cn([C@H]2C[C@@H](OCN=[N+]=[N-])[C@@H](COP(=O)([O-])OP(=O)([O-])OP(=O)([O-])O)O2)c(=O)[nH]c1=O.[N-]=[N+]=NCO[C@@H]1C[C@H](n2ccc(N)nc2=O)O[C@@H]1COP(=O)([O-])OP(=O)([O-])OP(=O)([O-])O.[N-]=[N+]=NCO[C@@H]1C[C@H](n2cnc3c(=O)[nH]c(N)nc32)O[C@@H]1COP(=O)([O-])OP(=O)([O-])OP(=O)([O-])O.[N-]=[N+]=NCO[C@@H]1C[C@H](n2cnc3c(N)ncnc32)O[C@@H]1COP(=O)([O-])OP(=O)([O-])OP(=O)([O-])O. The average molecular weight is 2160 g/mol. The van der Waals surface area contributed by atoms with Gasteiger partial charge in [0.05, 0.1) is 63.5 Å². The van der Waals surface area contributed by atoms with Gasteiger partial charge in [0.2, 0.25) is 5.95 Å². The summed E-state index contributed by atoms with van der Waals surface area (Å²) in [4.78, 5) is 253. The normalized spacial score (nSPS) is 25.9. The van der Waals surface area contributed by atoms with Gasteiger partial charge in [0.1, 0.15) is 93.9 Å². The van der Waals surface area contributed by atoms with Gasteiger partial charge in [-0.25, -0.2) is 64.0 Å². The predicted octanol–water partition coefficient (Wildman–Crippen LogP) is -6.67. The van der Waals surface area contributed by atoms with Gasteiger partial charge >= 0.3 is 11.4 Å². The van der Waals surface area contributed by atoms with Crippen molar-refractivity contribution < 1.29 is 224 Å². The highest BCUT2D eigenvalue weighted by atomic mass is 31.3. The number of ether oxygens (including phenoxy) is 8. The number of fused-ring (bicyclic) bond motifs is 2. The highest BCUT2D eigenvalue weighted by Gasteiger charge is 2.44. The molecule has 6 aromatic rings. The van der Waals surface area contributed by atoms with Crippen LogP contribution in [0.3, 0.4) is 0 Å². The second-order valence-corrected chi connectivity index (χ2v) is 42.0. The van der Waals surface area contributed by atoms with Gasteiger partial charge in [0, 0.05) is 63.3 Å². The number of phosphoric acid groups is 12. The summed E-state index contributed by atoms with van der Waals surface area (Å²) >= 11 is 0. The number of phosphoric ester groups is 4. The molecular weight excluding hydrogens is 2100 g/mol. The number of anilines is 3. The minimum absolute atomic E-state index is 0.0138. The van der Waals surface area contributed by atoms with E-state index in [-0.39, 0.29) is 71.2 Å². The van der Waals surface area contributed by atoms with Crippen LogP contribution in [0.2, 0.25) is 0 Å². The predicted molar refractivity (Wildman–Crippen MR) is 394 cm³/mol. The monoisotopic (exact) mass is 2150 g/mol. The molecule has 0 spiro atoms. The van der Waals surface area contributed by atoms with Crippen LogP contribution in [0.1, 0.15) is 56.2 Å². The number of aromatic amines is 2. The molecule has 0 saturated carbocycles. The second kappa shape index (κ2) is 47.4. The number of hydrogen-bond acceptors (Lipinski definition) is 61. The van der Waals surface area contributed by atoms with Crippen LogP contribution in [0.25, 0.3) is 64.1 Å². The number of imidazole rings is 2. The van der Waals surface area contributed by atoms with Crippen molar-refractivity contribution in [3.05, 3.63) is 126 Å². The minimum Gasteiger partial charge on any atom is -0.756 e. The Morgan fingerprint density at radius 1 is 0.433 bits per heavy atom. The molecule has 0 aromatic carbocycles. The zero-order valence-electron chi connectivity index (χ0n) is 65.2. The van der Waals surface area contributed by atoms with E-state index in [0.29, 0.717) is 0 Å². The van der Waals surface area contributed by atoms with E-state index >= 15 is 0 Å². The molecule has 91 heteroatoms. The summed E-state index contributed by atoms with van der Waals surface area (Å²) < 4.78 is 227. The van der Waals surface area contributed by atoms with Crippen LogP contribution in [0.4, 0.5) is 17.6 Å². The molecule has 6 aromatic heterocycles. The number of nitrogens with one attached hydrogen (secondary N) is 2. The molecule has 0 amide bonds. The van der Waals surface area contributed by atoms with Gasteiger partial charge in [0.25, 0.3) is 105 Å². The van der Waals surface area contributed by atoms with E-state index in [1.165, 1.54) is 53.5 Å². The standard InChI is InChI=1S/C11H17N8O13P3.C11H17N8O12P3.C11H18N5O14P3.C10H17N6O13P3/c12-11-16-9-8(10(20)17-11)14-3-19(9)7-1-5(28-4-15-18-13)6(30-7)2-29-34(24,25)32-35(26,27)31-33(21,22)23;12-10-9-11(15-3-14-10)19(4-16-9)8-1-6(27-5-17-18-13)7(29-8)2-28-33(23,24)31-34(25,26)30-32(20,21)22;1-6-3-16(11(18)14-10(6)17)9-2-7(26-5-13-15-12)8(28-9)4-27-32(22,23)30-33(24,25)29-31(19,20)21;11-8-1-2-16(10(17)14-8)9-3-6(25-5-13-15-12)7(27-9)4-26-31(21,22)29-32(23,24)28-30(18,19)20/h3,5-7H,1-2,4H2,(H,24,25)(H,26,27)(H2,21,22,23)(H3,12,16,17,20);3-4,6-8H,1-2,5H2,(H,23,24)(H,25,26)(H2,12,14,15)(H2,20,21,22);3,7-9H,2,4-5H2,1H3,(H,22,23)(H,24,25)(H,14,17,18)(H2,19,20,21);1-2,6-7,9H,3-5H2,(H,21,22)(H,23,24)(H2,11,14,17)(H2,18,19,20)/p-12/t5-,6-,7-;6-,7-,8-;7-,8-,9-;6-,7-,9-/m1111/s1. The Labute approximate surface area is 736 Å². The molecule has 24 atom stereocenters. The topological polar surface area (TPSA) is 1220 Å². The molecule has 4 aliphatic heterocycles. The van der Waals surface area contributed by atoms with Crippen LogP contribution in [-0.2, 0) is 145 Å². The lowest BCUT2D eigenvalue weighted by molar-refractivity contribution is -0.254. The molecule has 4 fully saturated rings. The van der Waals surface area contributed by atoms with Crippen molar-refractivity contribution in [1.29, 1.82) is 0 Å². The largest absolute Gasteiger partial charge is 0.756 e. The zero-order valence-corrected chi connectivity index (χ0v) is 75.9. The lowest BCUT2D eigenvalue weighted by Gasteiger charge is -2.33. The van der Waals surface area contributed by atoms with Crippen LogP contribution in [-0.4, -0.2) is 180 Å². The maximum absolute atomic E-state index is 12.1. The van der Waals surface area contributed by atoms with Gasteiger partial charge in [-0.1, -0.05) is 20.5 Å². The van der Waals surface area contributed by atoms with Gasteiger partial charge in [-0.05, 0) is 35.1 Å². The summed E-state index contributed by atoms with van der Waals surface area (Å²) in [5, 5.41) is 12.6. The van der Waals surface area contributed by atoms with E-state index in [4.69, 9.17) is 96.8 Å². The lowest BCUT2D eigenvalue weighted by Crippen LogP contribution is -2.33. The van der Waals surface area contributed by atoms with Crippen LogP contribution in [0.15, 0.2) is 77.1 Å². The number of azide groups is 4. The lowest BCUT2D eigenvalue weighted by atomic mass is 10.2. The molecule has 79 nitrogen and oxygen atoms in total. The van der Waals surface area contributed by atoms with Crippen LogP contribution in [0, 0.1) is 6.92 Å². The Morgan fingerprint density at radius 2 is 0.754 bits per heavy atom. The number of H-pyrrole nitrogens is 2. The third-order valence-electron chi connectivity index (χ3n) is 15.6. The number of rotatable bonds is 44. The number of aromatic nitrogens is 12. The molecule has 0 bridgehead atoms. The third kappa shape index (κ3) is 37.3. The van der Waals surface area contributed by atoms with Gasteiger partial charge < -0.3 is 151 Å². The fourth-order valence-corrected chi connectivity index (χ4v) is 22.5. The van der Waals surface area contributed by atoms with Crippen LogP contribution in [0.5, 0.6) is 0 Å². The Morgan fingerprint density at radius 3 is 1.08 bits per heavy atom. The Balaban J connectivity index is 0.000000244. The molecule has 0 radical (unpaired) electrons. The van der Waals surface area contributed by atoms with Gasteiger partial charge in [0.15, 0.2) is 22.6 Å². The van der Waals surface area contributed by atoms with Gasteiger partial charge in [-0.2, -0.15) is 9.97 Å². The van der Waals surface area contributed by atoms with Crippen molar-refractivity contribution in [2.75, 3.05) is 70.6 Å². The smallest absolute Gasteiger partial charge is 0.351 e. The summed E-state index contributed by atoms with van der Waals surface area (Å²) in [6.45, 7) is -4.32. The molecule has 10 heterocycles. The van der Waals surface area contributed by atoms with Crippen molar-refractivity contribution in [3.8, 4) is 0 Å². The third-order valence-corrected chi connectivity index (χ3v) is 30.4. The van der Waals surface area contributed by atoms with Crippen molar-refractivity contribution in [3.63, 3.8) is 0 Å². The Bertz CT molecular complexity index is 6280. The summed E-state index contributed by atoms with van der Waals surface area (Å²) in [6.07, 6.45) is -7.22. The highest BCUT2D eigenvalue weighted by molar-refractivity contribution is 7.67. The molecule has 0 aliphatic carbocycles. The highest BCUT2D eigenvalue weighted by Crippen LogP contribution is 2.65. The summed E-state index contributed by atoms with van der Waals surface area (Å²) in [5.74, 6) is -0.200. The van der Waals surface area contributed by atoms with Crippen molar-refractivity contribution in [2.24, 2.45) is 20.5 Å². The number of nitrogen functional groups attached to an aromatic ring is 3. The van der Waals surface area contributed by atoms with Crippen molar-refractivity contribution >= 4 is 134 Å². The molecule has 4 aliphatic rings. The fourth-order valence-electron chi connectivity index (χ4n) is 10.9. The zero-order chi connectivity index (χ0) is 100. The van der Waals surface area contributed by atoms with Crippen molar-refractivity contribution in [1.82, 2.24) is 58.1 Å². The first-order chi connectivity index (χ1) is 61.8. The molecule has 12 unspecified atom stereocenters. The van der Waals surface area contributed by atoms with E-state index in [1.807, 2.05) is 4.98 Å². The first kappa shape index (κ1) is 113. The quantitative estimate of drug-likeness (QED) is 0.00743. The van der Waals surface area contributed by atoms with Gasteiger partial charge in [-0.15, -0.1) is 0 Å². The summed E-state index contributed by atoms with van der Waals surface area (Å²) in [6, 6.07) is 1.28. The van der Waals surface area contributed by atoms with Crippen LogP contribution >= 0.6 is 93.9 Å². The number of nitrogens with zero attached hydrogens (tertiary/aromatic N) is 22. The Hall–Kier alpha value is -7.58. The second-order valence-electron chi connectivity index (χ2n) is 24.9. The maximum Gasteiger partial charge on any atom is 0.351 e. The number of aryl methyl sites for hydroxylation is 1.